The summed E-state index contributed by atoms with van der Waals surface area (Å²) in [4.78, 5) is 28.7. The van der Waals surface area contributed by atoms with Gasteiger partial charge in [-0.25, -0.2) is 4.68 Å². The van der Waals surface area contributed by atoms with Gasteiger partial charge in [0.15, 0.2) is 5.69 Å². The number of nitrogens with zero attached hydrogens (tertiary/aromatic N) is 4. The van der Waals surface area contributed by atoms with Crippen molar-refractivity contribution in [3.05, 3.63) is 69.2 Å². The molecule has 1 atom stereocenters. The van der Waals surface area contributed by atoms with Crippen LogP contribution < -0.4 is 5.32 Å². The fourth-order valence-electron chi connectivity index (χ4n) is 4.56. The maximum absolute atomic E-state index is 13.2. The first-order chi connectivity index (χ1) is 16.6. The van der Waals surface area contributed by atoms with Crippen LogP contribution in [-0.4, -0.2) is 51.3 Å². The predicted octanol–water partition coefficient (Wildman–Crippen LogP) is 3.13. The van der Waals surface area contributed by atoms with E-state index in [1.54, 1.807) is 20.9 Å². The highest BCUT2D eigenvalue weighted by atomic mass is 32.1. The van der Waals surface area contributed by atoms with Gasteiger partial charge in [0.1, 0.15) is 6.10 Å². The maximum Gasteiger partial charge on any atom is 0.276 e. The van der Waals surface area contributed by atoms with E-state index in [0.29, 0.717) is 51.3 Å². The Morgan fingerprint density at radius 1 is 1.18 bits per heavy atom. The number of hydrogen-bond acceptors (Lipinski definition) is 6. The summed E-state index contributed by atoms with van der Waals surface area (Å²) >= 11 is 1.70. The molecule has 0 saturated carbocycles. The molecule has 178 valence electrons. The monoisotopic (exact) mass is 479 g/mol. The Balaban J connectivity index is 1.14. The highest BCUT2D eigenvalue weighted by molar-refractivity contribution is 7.09. The molecule has 5 rings (SSSR count). The van der Waals surface area contributed by atoms with Crippen LogP contribution in [0.3, 0.4) is 0 Å². The van der Waals surface area contributed by atoms with E-state index in [1.807, 2.05) is 11.4 Å². The lowest BCUT2D eigenvalue weighted by atomic mass is 9.95. The molecule has 3 aromatic rings. The van der Waals surface area contributed by atoms with E-state index in [2.05, 4.69) is 52.9 Å². The molecule has 0 aliphatic carbocycles. The average Bonchev–Trinajstić information content (AvgIpc) is 3.54. The second kappa shape index (κ2) is 10.1. The molecule has 8 nitrogen and oxygen atoms in total. The van der Waals surface area contributed by atoms with Crippen molar-refractivity contribution >= 4 is 23.2 Å². The van der Waals surface area contributed by atoms with Gasteiger partial charge in [0.05, 0.1) is 18.8 Å². The summed E-state index contributed by atoms with van der Waals surface area (Å²) in [5.74, 6) is -0.101. The zero-order chi connectivity index (χ0) is 23.5. The third kappa shape index (κ3) is 4.90. The number of thiophene rings is 1. The molecule has 2 aliphatic rings. The summed E-state index contributed by atoms with van der Waals surface area (Å²) < 4.78 is 7.84. The average molecular weight is 480 g/mol. The molecule has 2 aromatic heterocycles. The Morgan fingerprint density at radius 3 is 2.71 bits per heavy atom. The van der Waals surface area contributed by atoms with Crippen LogP contribution in [0.15, 0.2) is 41.8 Å². The van der Waals surface area contributed by atoms with Crippen LogP contribution in [0.1, 0.15) is 51.1 Å². The summed E-state index contributed by atoms with van der Waals surface area (Å²) in [5.41, 5.74) is 3.38. The zero-order valence-electron chi connectivity index (χ0n) is 19.3. The number of nitrogens with one attached hydrogen (secondary N) is 1. The van der Waals surface area contributed by atoms with Crippen molar-refractivity contribution in [2.24, 2.45) is 5.92 Å². The molecule has 1 saturated heterocycles. The summed E-state index contributed by atoms with van der Waals surface area (Å²) in [6.45, 7) is 4.62. The van der Waals surface area contributed by atoms with Gasteiger partial charge in [-0.15, -0.1) is 16.4 Å². The number of carbonyl (C=O) groups excluding carboxylic acids is 2. The molecular weight excluding hydrogens is 450 g/mol. The van der Waals surface area contributed by atoms with Crippen molar-refractivity contribution in [2.45, 2.75) is 45.4 Å². The molecule has 1 aromatic carbocycles. The second-order valence-electron chi connectivity index (χ2n) is 8.96. The van der Waals surface area contributed by atoms with Gasteiger partial charge in [-0.3, -0.25) is 9.59 Å². The summed E-state index contributed by atoms with van der Waals surface area (Å²) in [6.07, 6.45) is 2.07. The molecule has 0 unspecified atom stereocenters. The number of fused-ring (bicyclic) bond motifs is 1. The number of piperidine rings is 1. The van der Waals surface area contributed by atoms with Crippen LogP contribution in [-0.2, 0) is 29.1 Å². The van der Waals surface area contributed by atoms with Crippen molar-refractivity contribution < 1.29 is 14.3 Å². The quantitative estimate of drug-likeness (QED) is 0.587. The number of aromatic nitrogens is 3. The molecule has 1 fully saturated rings. The van der Waals surface area contributed by atoms with Gasteiger partial charge in [-0.1, -0.05) is 41.1 Å². The van der Waals surface area contributed by atoms with Gasteiger partial charge in [0, 0.05) is 30.4 Å². The highest BCUT2D eigenvalue weighted by Crippen LogP contribution is 2.28. The van der Waals surface area contributed by atoms with E-state index in [0.717, 1.165) is 17.7 Å². The van der Waals surface area contributed by atoms with Crippen LogP contribution >= 0.6 is 11.3 Å². The molecule has 0 bridgehead atoms. The number of ether oxygens (including phenoxy) is 1. The first-order valence-corrected chi connectivity index (χ1v) is 12.7. The third-order valence-corrected chi connectivity index (χ3v) is 7.59. The lowest BCUT2D eigenvalue weighted by Gasteiger charge is -2.31. The number of likely N-dealkylation sites (tertiary alicyclic amines) is 1. The zero-order valence-corrected chi connectivity index (χ0v) is 20.1. The Labute approximate surface area is 202 Å². The van der Waals surface area contributed by atoms with Crippen LogP contribution in [0.2, 0.25) is 0 Å². The Hall–Kier alpha value is -3.04. The van der Waals surface area contributed by atoms with Crippen LogP contribution in [0.5, 0.6) is 0 Å². The van der Waals surface area contributed by atoms with E-state index < -0.39 is 0 Å². The normalized spacial score (nSPS) is 18.5. The molecule has 1 N–H and O–H groups in total. The van der Waals surface area contributed by atoms with E-state index in [1.165, 1.54) is 10.4 Å². The SMILES string of the molecule is Cc1ccc([C@@H]2Cn3nnc(C(=O)N4CCC(C(=O)NCCc5cccs5)CC4)c3CO2)cc1. The van der Waals surface area contributed by atoms with Crippen LogP contribution in [0, 0.1) is 12.8 Å². The van der Waals surface area contributed by atoms with Crippen molar-refractivity contribution in [3.63, 3.8) is 0 Å². The third-order valence-electron chi connectivity index (χ3n) is 6.65. The fraction of sp³-hybridized carbons (Fsp3) is 0.440. The largest absolute Gasteiger partial charge is 0.365 e. The lowest BCUT2D eigenvalue weighted by Crippen LogP contribution is -2.43. The lowest BCUT2D eigenvalue weighted by molar-refractivity contribution is -0.126. The standard InChI is InChI=1S/C25H29N5O3S/c1-17-4-6-18(7-5-17)22-15-30-21(16-33-22)23(27-28-30)25(32)29-12-9-19(10-13-29)24(31)26-11-8-20-3-2-14-34-20/h2-7,14,19,22H,8-13,15-16H2,1H3,(H,26,31)/t22-/m0/s1. The number of amides is 2. The van der Waals surface area contributed by atoms with Crippen molar-refractivity contribution in [1.82, 2.24) is 25.2 Å². The van der Waals surface area contributed by atoms with Gasteiger partial charge in [0.25, 0.3) is 5.91 Å². The topological polar surface area (TPSA) is 89.4 Å². The van der Waals surface area contributed by atoms with Gasteiger partial charge in [-0.05, 0) is 43.2 Å². The molecule has 9 heteroatoms. The van der Waals surface area contributed by atoms with Gasteiger partial charge < -0.3 is 15.0 Å². The van der Waals surface area contributed by atoms with E-state index in [-0.39, 0.29) is 23.8 Å². The minimum Gasteiger partial charge on any atom is -0.365 e. The van der Waals surface area contributed by atoms with Crippen LogP contribution in [0.25, 0.3) is 0 Å². The second-order valence-corrected chi connectivity index (χ2v) is 10.00. The minimum atomic E-state index is -0.129. The van der Waals surface area contributed by atoms with E-state index >= 15 is 0 Å². The van der Waals surface area contributed by atoms with Crippen molar-refractivity contribution in [2.75, 3.05) is 19.6 Å². The number of aryl methyl sites for hydroxylation is 1. The van der Waals surface area contributed by atoms with Gasteiger partial charge in [0.2, 0.25) is 5.91 Å². The first-order valence-electron chi connectivity index (χ1n) is 11.8. The molecular formula is C25H29N5O3S. The smallest absolute Gasteiger partial charge is 0.276 e. The van der Waals surface area contributed by atoms with Crippen molar-refractivity contribution in [3.8, 4) is 0 Å². The van der Waals surface area contributed by atoms with E-state index in [4.69, 9.17) is 4.74 Å². The van der Waals surface area contributed by atoms with E-state index in [9.17, 15) is 9.59 Å². The molecule has 34 heavy (non-hydrogen) atoms. The Morgan fingerprint density at radius 2 is 1.97 bits per heavy atom. The number of rotatable bonds is 6. The van der Waals surface area contributed by atoms with Gasteiger partial charge in [-0.2, -0.15) is 0 Å². The Bertz CT molecular complexity index is 1130. The number of benzene rings is 1. The summed E-state index contributed by atoms with van der Waals surface area (Å²) in [6, 6.07) is 12.4. The van der Waals surface area contributed by atoms with Gasteiger partial charge >= 0.3 is 0 Å². The molecule has 0 radical (unpaired) electrons. The van der Waals surface area contributed by atoms with Crippen molar-refractivity contribution in [1.29, 1.82) is 0 Å². The molecule has 2 aliphatic heterocycles. The van der Waals surface area contributed by atoms with Crippen LogP contribution in [0.4, 0.5) is 0 Å². The fourth-order valence-corrected chi connectivity index (χ4v) is 5.27. The number of hydrogen-bond donors (Lipinski definition) is 1. The molecule has 0 spiro atoms. The molecule has 4 heterocycles. The predicted molar refractivity (Wildman–Crippen MR) is 128 cm³/mol. The number of carbonyl (C=O) groups is 2. The highest BCUT2D eigenvalue weighted by Gasteiger charge is 2.33. The molecule has 2 amide bonds. The maximum atomic E-state index is 13.2. The summed E-state index contributed by atoms with van der Waals surface area (Å²) in [7, 11) is 0. The Kier molecular flexibility index (Phi) is 6.73. The minimum absolute atomic E-state index is 0.0555. The summed E-state index contributed by atoms with van der Waals surface area (Å²) in [5, 5.41) is 13.5. The first kappa shape index (κ1) is 22.7.